The maximum Gasteiger partial charge on any atom is 0.387 e. The number of nitrogens with zero attached hydrogens (tertiary/aromatic N) is 5. The molecule has 0 bridgehead atoms. The molecule has 2 aromatic carbocycles. The molecule has 0 atom stereocenters. The number of rotatable bonds is 10. The molecule has 194 valence electrons. The highest BCUT2D eigenvalue weighted by molar-refractivity contribution is 5.91. The summed E-state index contributed by atoms with van der Waals surface area (Å²) in [5.74, 6) is 0.0721. The summed E-state index contributed by atoms with van der Waals surface area (Å²) in [5, 5.41) is 11.1. The lowest BCUT2D eigenvalue weighted by molar-refractivity contribution is -0.114. The number of halogens is 2. The predicted molar refractivity (Wildman–Crippen MR) is 139 cm³/mol. The molecule has 0 fully saturated rings. The van der Waals surface area contributed by atoms with Crippen LogP contribution in [0.15, 0.2) is 48.9 Å². The maximum absolute atomic E-state index is 13.3. The molecule has 0 unspecified atom stereocenters. The van der Waals surface area contributed by atoms with Crippen LogP contribution >= 0.6 is 0 Å². The van der Waals surface area contributed by atoms with E-state index in [0.29, 0.717) is 29.2 Å². The SMILES string of the molecule is CC(=O)Nc1cc(Nc2cc(-c3ccc4c(cnn4C)c3)ncn2)c(OC(F)F)cc1CCCN(C)C. The number of benzene rings is 2. The summed E-state index contributed by atoms with van der Waals surface area (Å²) in [6, 6.07) is 10.7. The zero-order valence-corrected chi connectivity index (χ0v) is 21.1. The molecule has 0 aliphatic heterocycles. The Kier molecular flexibility index (Phi) is 7.92. The Morgan fingerprint density at radius 1 is 1.14 bits per heavy atom. The van der Waals surface area contributed by atoms with E-state index < -0.39 is 6.61 Å². The average Bonchev–Trinajstić information content (AvgIpc) is 3.21. The van der Waals surface area contributed by atoms with Crippen LogP contribution in [0.4, 0.5) is 26.0 Å². The fourth-order valence-electron chi connectivity index (χ4n) is 4.06. The van der Waals surface area contributed by atoms with Crippen molar-refractivity contribution in [2.24, 2.45) is 7.05 Å². The molecular formula is C26H29F2N7O2. The minimum absolute atomic E-state index is 0.0408. The number of nitrogens with one attached hydrogen (secondary N) is 2. The van der Waals surface area contributed by atoms with Gasteiger partial charge in [0.1, 0.15) is 17.9 Å². The molecule has 37 heavy (non-hydrogen) atoms. The van der Waals surface area contributed by atoms with Crippen molar-refractivity contribution in [2.45, 2.75) is 26.4 Å². The van der Waals surface area contributed by atoms with Crippen LogP contribution in [0, 0.1) is 0 Å². The second-order valence-electron chi connectivity index (χ2n) is 8.93. The molecule has 4 rings (SSSR count). The summed E-state index contributed by atoms with van der Waals surface area (Å²) in [6.45, 7) is -0.816. The van der Waals surface area contributed by atoms with Crippen LogP contribution in [-0.2, 0) is 18.3 Å². The van der Waals surface area contributed by atoms with E-state index in [0.717, 1.165) is 29.4 Å². The van der Waals surface area contributed by atoms with Crippen molar-refractivity contribution in [2.75, 3.05) is 31.3 Å². The van der Waals surface area contributed by atoms with Crippen LogP contribution in [0.25, 0.3) is 22.2 Å². The number of aromatic nitrogens is 4. The van der Waals surface area contributed by atoms with Crippen LogP contribution in [0.3, 0.4) is 0 Å². The van der Waals surface area contributed by atoms with Gasteiger partial charge in [0.15, 0.2) is 0 Å². The van der Waals surface area contributed by atoms with E-state index in [2.05, 4.69) is 25.7 Å². The zero-order chi connectivity index (χ0) is 26.5. The predicted octanol–water partition coefficient (Wildman–Crippen LogP) is 4.83. The van der Waals surface area contributed by atoms with Crippen LogP contribution in [0.5, 0.6) is 5.75 Å². The van der Waals surface area contributed by atoms with E-state index in [1.54, 1.807) is 23.0 Å². The molecule has 1 amide bonds. The molecule has 0 radical (unpaired) electrons. The number of hydrogen-bond acceptors (Lipinski definition) is 7. The quantitative estimate of drug-likeness (QED) is 0.316. The topological polar surface area (TPSA) is 97.2 Å². The van der Waals surface area contributed by atoms with E-state index in [-0.39, 0.29) is 17.3 Å². The lowest BCUT2D eigenvalue weighted by atomic mass is 10.0. The number of hydrogen-bond donors (Lipinski definition) is 2. The third-order valence-electron chi connectivity index (χ3n) is 5.76. The summed E-state index contributed by atoms with van der Waals surface area (Å²) in [7, 11) is 5.78. The molecule has 0 spiro atoms. The molecular weight excluding hydrogens is 480 g/mol. The number of amides is 1. The summed E-state index contributed by atoms with van der Waals surface area (Å²) in [5.41, 5.74) is 3.94. The van der Waals surface area contributed by atoms with Crippen molar-refractivity contribution < 1.29 is 18.3 Å². The van der Waals surface area contributed by atoms with Crippen LogP contribution in [-0.4, -0.2) is 57.8 Å². The first kappa shape index (κ1) is 26.0. The average molecular weight is 510 g/mol. The second-order valence-corrected chi connectivity index (χ2v) is 8.93. The van der Waals surface area contributed by atoms with Gasteiger partial charge in [0.25, 0.3) is 0 Å². The van der Waals surface area contributed by atoms with Crippen molar-refractivity contribution in [1.82, 2.24) is 24.6 Å². The normalized spacial score (nSPS) is 11.4. The first-order valence-electron chi connectivity index (χ1n) is 11.7. The van der Waals surface area contributed by atoms with E-state index in [4.69, 9.17) is 4.74 Å². The van der Waals surface area contributed by atoms with E-state index in [9.17, 15) is 13.6 Å². The third kappa shape index (κ3) is 6.56. The van der Waals surface area contributed by atoms with Crippen LogP contribution < -0.4 is 15.4 Å². The fraction of sp³-hybridized carbons (Fsp3) is 0.308. The van der Waals surface area contributed by atoms with Gasteiger partial charge in [0.05, 0.1) is 23.1 Å². The Morgan fingerprint density at radius 3 is 2.68 bits per heavy atom. The Hall–Kier alpha value is -4.12. The Labute approximate surface area is 213 Å². The van der Waals surface area contributed by atoms with Crippen molar-refractivity contribution in [3.8, 4) is 17.0 Å². The molecule has 4 aromatic rings. The van der Waals surface area contributed by atoms with Crippen LogP contribution in [0.2, 0.25) is 0 Å². The molecule has 2 heterocycles. The third-order valence-corrected chi connectivity index (χ3v) is 5.76. The Morgan fingerprint density at radius 2 is 1.95 bits per heavy atom. The van der Waals surface area contributed by atoms with Crippen molar-refractivity contribution in [1.29, 1.82) is 0 Å². The first-order valence-corrected chi connectivity index (χ1v) is 11.7. The highest BCUT2D eigenvalue weighted by Gasteiger charge is 2.17. The summed E-state index contributed by atoms with van der Waals surface area (Å²) < 4.78 is 33.2. The maximum atomic E-state index is 13.3. The van der Waals surface area contributed by atoms with Gasteiger partial charge in [-0.2, -0.15) is 13.9 Å². The number of alkyl halides is 2. The van der Waals surface area contributed by atoms with E-state index in [1.807, 2.05) is 44.2 Å². The number of fused-ring (bicyclic) bond motifs is 1. The lowest BCUT2D eigenvalue weighted by Crippen LogP contribution is -2.15. The fourth-order valence-corrected chi connectivity index (χ4v) is 4.06. The zero-order valence-electron chi connectivity index (χ0n) is 21.1. The van der Waals surface area contributed by atoms with Gasteiger partial charge in [0, 0.05) is 36.7 Å². The first-order chi connectivity index (χ1) is 17.7. The van der Waals surface area contributed by atoms with Crippen molar-refractivity contribution >= 4 is 34.0 Å². The molecule has 0 aliphatic rings. The van der Waals surface area contributed by atoms with Gasteiger partial charge in [-0.15, -0.1) is 0 Å². The Balaban J connectivity index is 1.67. The second kappa shape index (κ2) is 11.3. The highest BCUT2D eigenvalue weighted by Crippen LogP contribution is 2.36. The Bertz CT molecular complexity index is 1410. The monoisotopic (exact) mass is 509 g/mol. The van der Waals surface area contributed by atoms with Gasteiger partial charge >= 0.3 is 6.61 Å². The number of anilines is 3. The van der Waals surface area contributed by atoms with Gasteiger partial charge in [-0.05, 0) is 63.3 Å². The lowest BCUT2D eigenvalue weighted by Gasteiger charge is -2.18. The summed E-state index contributed by atoms with van der Waals surface area (Å²) in [4.78, 5) is 22.5. The van der Waals surface area contributed by atoms with Crippen molar-refractivity contribution in [3.63, 3.8) is 0 Å². The van der Waals surface area contributed by atoms with Gasteiger partial charge in [-0.1, -0.05) is 6.07 Å². The highest BCUT2D eigenvalue weighted by atomic mass is 19.3. The number of carbonyl (C=O) groups excluding carboxylic acids is 1. The molecule has 0 saturated heterocycles. The minimum Gasteiger partial charge on any atom is -0.433 e. The smallest absolute Gasteiger partial charge is 0.387 e. The van der Waals surface area contributed by atoms with Crippen LogP contribution in [0.1, 0.15) is 18.9 Å². The number of ether oxygens (including phenoxy) is 1. The summed E-state index contributed by atoms with van der Waals surface area (Å²) in [6.07, 6.45) is 4.51. The van der Waals surface area contributed by atoms with E-state index in [1.165, 1.54) is 19.3 Å². The standard InChI is InChI=1S/C26H29F2N7O2/c1-16(36)32-21-12-22(24(37-26(27)28)11-17(21)6-5-9-34(2)3)33-25-13-20(29-15-30-25)18-7-8-23-19(10-18)14-31-35(23)4/h7-8,10-15,26H,5-6,9H2,1-4H3,(H,32,36)(H,29,30,33). The van der Waals surface area contributed by atoms with Gasteiger partial charge in [-0.25, -0.2) is 9.97 Å². The van der Waals surface area contributed by atoms with E-state index >= 15 is 0 Å². The van der Waals surface area contributed by atoms with Crippen molar-refractivity contribution in [3.05, 3.63) is 54.5 Å². The molecule has 9 nitrogen and oxygen atoms in total. The van der Waals surface area contributed by atoms with Gasteiger partial charge in [-0.3, -0.25) is 9.48 Å². The molecule has 0 aliphatic carbocycles. The van der Waals surface area contributed by atoms with Gasteiger partial charge < -0.3 is 20.3 Å². The summed E-state index contributed by atoms with van der Waals surface area (Å²) >= 11 is 0. The molecule has 2 aromatic heterocycles. The number of carbonyl (C=O) groups is 1. The largest absolute Gasteiger partial charge is 0.433 e. The van der Waals surface area contributed by atoms with Gasteiger partial charge in [0.2, 0.25) is 5.91 Å². The molecule has 2 N–H and O–H groups in total. The molecule has 0 saturated carbocycles. The minimum atomic E-state index is -3.02. The molecule has 11 heteroatoms. The number of aryl methyl sites for hydroxylation is 2.